The van der Waals surface area contributed by atoms with Crippen molar-refractivity contribution < 1.29 is 0 Å². The predicted molar refractivity (Wildman–Crippen MR) is 88.8 cm³/mol. The van der Waals surface area contributed by atoms with Crippen molar-refractivity contribution in [3.05, 3.63) is 89.5 Å². The SMILES string of the molecule is CC1(C)C2=C(C=C[C+]=C2)c2c(-c3ccccc3)cccc21. The van der Waals surface area contributed by atoms with Gasteiger partial charge in [0.2, 0.25) is 0 Å². The van der Waals surface area contributed by atoms with Crippen LogP contribution in [0.2, 0.25) is 0 Å². The molecule has 2 aromatic rings. The summed E-state index contributed by atoms with van der Waals surface area (Å²) in [6.07, 6.45) is 9.61. The third-order valence-corrected chi connectivity index (χ3v) is 4.63. The molecule has 0 saturated carbocycles. The lowest BCUT2D eigenvalue weighted by Crippen LogP contribution is -2.16. The third-order valence-electron chi connectivity index (χ3n) is 4.63. The van der Waals surface area contributed by atoms with Crippen LogP contribution in [0.15, 0.2) is 72.3 Å². The first-order valence-corrected chi connectivity index (χ1v) is 7.39. The van der Waals surface area contributed by atoms with E-state index in [4.69, 9.17) is 0 Å². The van der Waals surface area contributed by atoms with Crippen LogP contribution < -0.4 is 0 Å². The Morgan fingerprint density at radius 1 is 0.905 bits per heavy atom. The van der Waals surface area contributed by atoms with E-state index in [1.807, 2.05) is 6.08 Å². The molecule has 2 aliphatic rings. The van der Waals surface area contributed by atoms with E-state index >= 15 is 0 Å². The molecule has 0 radical (unpaired) electrons. The smallest absolute Gasteiger partial charge is 0.0622 e. The van der Waals surface area contributed by atoms with Crippen LogP contribution >= 0.6 is 0 Å². The maximum atomic E-state index is 3.24. The van der Waals surface area contributed by atoms with Gasteiger partial charge in [0.15, 0.2) is 0 Å². The molecular weight excluding hydrogens is 252 g/mol. The van der Waals surface area contributed by atoms with Crippen LogP contribution in [-0.4, -0.2) is 0 Å². The molecule has 21 heavy (non-hydrogen) atoms. The molecule has 0 atom stereocenters. The summed E-state index contributed by atoms with van der Waals surface area (Å²) in [6.45, 7) is 4.61. The Morgan fingerprint density at radius 2 is 1.71 bits per heavy atom. The number of hydrogen-bond donors (Lipinski definition) is 0. The molecule has 0 unspecified atom stereocenters. The summed E-state index contributed by atoms with van der Waals surface area (Å²) in [5, 5.41) is 0. The lowest BCUT2D eigenvalue weighted by molar-refractivity contribution is 0.654. The monoisotopic (exact) mass is 269 g/mol. The molecule has 0 saturated heterocycles. The summed E-state index contributed by atoms with van der Waals surface area (Å²) >= 11 is 0. The van der Waals surface area contributed by atoms with E-state index in [9.17, 15) is 0 Å². The average molecular weight is 269 g/mol. The summed E-state index contributed by atoms with van der Waals surface area (Å²) in [5.74, 6) is 0. The highest BCUT2D eigenvalue weighted by Gasteiger charge is 2.43. The Labute approximate surface area is 126 Å². The van der Waals surface area contributed by atoms with Gasteiger partial charge in [0.1, 0.15) is 12.2 Å². The second kappa shape index (κ2) is 4.28. The normalized spacial score (nSPS) is 17.4. The summed E-state index contributed by atoms with van der Waals surface area (Å²) in [6, 6.07) is 17.3. The minimum absolute atomic E-state index is 0.0488. The molecule has 0 heterocycles. The van der Waals surface area contributed by atoms with Crippen molar-refractivity contribution in [2.75, 3.05) is 0 Å². The molecular formula is C21H17+. The van der Waals surface area contributed by atoms with E-state index in [0.717, 1.165) is 0 Å². The van der Waals surface area contributed by atoms with Crippen LogP contribution in [0.25, 0.3) is 16.7 Å². The lowest BCUT2D eigenvalue weighted by Gasteiger charge is -2.19. The van der Waals surface area contributed by atoms with Gasteiger partial charge in [0.05, 0.1) is 22.6 Å². The second-order valence-corrected chi connectivity index (χ2v) is 6.19. The Kier molecular flexibility index (Phi) is 2.51. The highest BCUT2D eigenvalue weighted by Crippen LogP contribution is 2.51. The van der Waals surface area contributed by atoms with Gasteiger partial charge in [-0.3, -0.25) is 0 Å². The number of hydrogen-bond acceptors (Lipinski definition) is 0. The van der Waals surface area contributed by atoms with Gasteiger partial charge in [-0.15, -0.1) is 0 Å². The van der Waals surface area contributed by atoms with Gasteiger partial charge in [0.25, 0.3) is 0 Å². The quantitative estimate of drug-likeness (QED) is 0.614. The van der Waals surface area contributed by atoms with E-state index in [-0.39, 0.29) is 5.41 Å². The molecule has 0 amide bonds. The van der Waals surface area contributed by atoms with Crippen LogP contribution in [-0.2, 0) is 5.41 Å². The predicted octanol–water partition coefficient (Wildman–Crippen LogP) is 5.33. The van der Waals surface area contributed by atoms with E-state index < -0.39 is 0 Å². The van der Waals surface area contributed by atoms with Gasteiger partial charge in [-0.25, -0.2) is 0 Å². The van der Waals surface area contributed by atoms with Crippen molar-refractivity contribution in [1.29, 1.82) is 0 Å². The first kappa shape index (κ1) is 12.3. The molecule has 0 aliphatic heterocycles. The van der Waals surface area contributed by atoms with Crippen molar-refractivity contribution in [3.63, 3.8) is 0 Å². The molecule has 0 spiro atoms. The molecule has 0 N–H and O–H groups in total. The minimum atomic E-state index is 0.0488. The molecule has 4 rings (SSSR count). The van der Waals surface area contributed by atoms with E-state index in [1.165, 1.54) is 33.4 Å². The van der Waals surface area contributed by atoms with Crippen molar-refractivity contribution in [2.24, 2.45) is 0 Å². The summed E-state index contributed by atoms with van der Waals surface area (Å²) in [5.41, 5.74) is 8.19. The fraction of sp³-hybridized carbons (Fsp3) is 0.143. The van der Waals surface area contributed by atoms with Crippen LogP contribution in [0.4, 0.5) is 0 Å². The number of fused-ring (bicyclic) bond motifs is 2. The van der Waals surface area contributed by atoms with Crippen molar-refractivity contribution in [3.8, 4) is 11.1 Å². The zero-order valence-electron chi connectivity index (χ0n) is 12.4. The zero-order chi connectivity index (χ0) is 14.4. The van der Waals surface area contributed by atoms with Gasteiger partial charge >= 0.3 is 0 Å². The van der Waals surface area contributed by atoms with Crippen molar-refractivity contribution >= 4 is 5.57 Å². The Bertz CT molecular complexity index is 799. The standard InChI is InChI=1S/C21H17/c1-21(2)18-13-7-6-11-17(18)20-16(12-8-14-19(20)21)15-9-4-3-5-10-15/h3-6,8-14H,1-2H3/q+1. The minimum Gasteiger partial charge on any atom is -0.0622 e. The first-order valence-electron chi connectivity index (χ1n) is 7.39. The van der Waals surface area contributed by atoms with E-state index in [1.54, 1.807) is 0 Å². The molecule has 0 heteroatoms. The van der Waals surface area contributed by atoms with Gasteiger partial charge in [0, 0.05) is 11.6 Å². The molecule has 100 valence electrons. The molecule has 0 aromatic heterocycles. The zero-order valence-corrected chi connectivity index (χ0v) is 12.4. The Morgan fingerprint density at radius 3 is 2.52 bits per heavy atom. The van der Waals surface area contributed by atoms with Crippen molar-refractivity contribution in [1.82, 2.24) is 0 Å². The van der Waals surface area contributed by atoms with Crippen LogP contribution in [0.1, 0.15) is 25.0 Å². The van der Waals surface area contributed by atoms with Crippen molar-refractivity contribution in [2.45, 2.75) is 19.3 Å². The van der Waals surface area contributed by atoms with Gasteiger partial charge < -0.3 is 0 Å². The first-order chi connectivity index (χ1) is 10.2. The number of rotatable bonds is 1. The topological polar surface area (TPSA) is 0 Å². The van der Waals surface area contributed by atoms with E-state index in [2.05, 4.69) is 80.6 Å². The average Bonchev–Trinajstić information content (AvgIpc) is 2.77. The summed E-state index contributed by atoms with van der Waals surface area (Å²) in [4.78, 5) is 0. The van der Waals surface area contributed by atoms with Gasteiger partial charge in [-0.1, -0.05) is 48.5 Å². The molecule has 0 nitrogen and oxygen atoms in total. The summed E-state index contributed by atoms with van der Waals surface area (Å²) < 4.78 is 0. The molecule has 0 fully saturated rings. The largest absolute Gasteiger partial charge is 0.107 e. The molecule has 2 aliphatic carbocycles. The third kappa shape index (κ3) is 1.67. The second-order valence-electron chi connectivity index (χ2n) is 6.19. The Hall–Kier alpha value is -2.43. The summed E-state index contributed by atoms with van der Waals surface area (Å²) in [7, 11) is 0. The maximum Gasteiger partial charge on any atom is 0.107 e. The Balaban J connectivity index is 2.05. The molecule has 0 bridgehead atoms. The number of allylic oxidation sites excluding steroid dienone is 6. The van der Waals surface area contributed by atoms with E-state index in [0.29, 0.717) is 0 Å². The van der Waals surface area contributed by atoms with Crippen LogP contribution in [0.3, 0.4) is 0 Å². The van der Waals surface area contributed by atoms with Crippen LogP contribution in [0, 0.1) is 6.08 Å². The van der Waals surface area contributed by atoms with Crippen LogP contribution in [0.5, 0.6) is 0 Å². The fourth-order valence-electron chi connectivity index (χ4n) is 3.53. The fourth-order valence-corrected chi connectivity index (χ4v) is 3.53. The number of benzene rings is 2. The van der Waals surface area contributed by atoms with Gasteiger partial charge in [-0.05, 0) is 30.5 Å². The van der Waals surface area contributed by atoms with Gasteiger partial charge in [-0.2, -0.15) is 0 Å². The highest BCUT2D eigenvalue weighted by molar-refractivity contribution is 5.95. The highest BCUT2D eigenvalue weighted by atomic mass is 14.4. The maximum absolute atomic E-state index is 3.24. The molecule has 2 aromatic carbocycles. The lowest BCUT2D eigenvalue weighted by atomic mass is 9.80.